The first kappa shape index (κ1) is 75.6. The van der Waals surface area contributed by atoms with E-state index in [0.29, 0.717) is 25.7 Å². The third-order valence-electron chi connectivity index (χ3n) is 17.0. The molecule has 0 aliphatic carbocycles. The molecular weight excluding hydrogens is 1440 g/mol. The smallest absolute Gasteiger partial charge is 0.657 e. The predicted molar refractivity (Wildman–Crippen MR) is 339 cm³/mol. The van der Waals surface area contributed by atoms with Crippen molar-refractivity contribution in [1.82, 2.24) is 19.9 Å². The van der Waals surface area contributed by atoms with E-state index in [4.69, 9.17) is 9.97 Å². The Kier molecular flexibility index (Phi) is 30.2. The zero-order valence-electron chi connectivity index (χ0n) is 53.4. The average Bonchev–Trinajstić information content (AvgIpc) is 3.04. The molecule has 8 heterocycles. The van der Waals surface area contributed by atoms with Crippen LogP contribution in [0.2, 0.25) is 0 Å². The fraction of sp³-hybridized carbons (Fsp3) is 0.457. The van der Waals surface area contributed by atoms with E-state index in [1.54, 1.807) is 0 Å². The molecule has 0 aromatic carbocycles. The van der Waals surface area contributed by atoms with Gasteiger partial charge in [0.2, 0.25) is 0 Å². The largest absolute Gasteiger partial charge is 2.00 e. The van der Waals surface area contributed by atoms with Crippen molar-refractivity contribution in [3.63, 3.8) is 0 Å². The number of nitrogens with zero attached hydrogens (tertiary/aromatic N) is 6. The minimum Gasteiger partial charge on any atom is -0.657 e. The Bertz CT molecular complexity index is 3500. The fourth-order valence-corrected chi connectivity index (χ4v) is 13.0. The second-order valence-corrected chi connectivity index (χ2v) is 21.1. The number of allylic oxidation sites excluding steroid dienone is 4. The third kappa shape index (κ3) is 15.1. The van der Waals surface area contributed by atoms with Crippen molar-refractivity contribution in [2.24, 2.45) is 9.98 Å². The molecule has 0 bridgehead atoms. The minimum absolute atomic E-state index is 0. The van der Waals surface area contributed by atoms with E-state index < -0.39 is 0 Å². The molecule has 0 saturated heterocycles. The molecule has 0 saturated carbocycles. The van der Waals surface area contributed by atoms with Gasteiger partial charge in [0.05, 0.1) is 23.2 Å². The second kappa shape index (κ2) is 34.3. The molecule has 2 N–H and O–H groups in total. The van der Waals surface area contributed by atoms with Gasteiger partial charge in [-0.1, -0.05) is 181 Å². The van der Waals surface area contributed by atoms with Gasteiger partial charge in [0.25, 0.3) is 11.8 Å². The van der Waals surface area contributed by atoms with Crippen molar-refractivity contribution in [3.8, 4) is 0 Å². The zero-order valence-corrected chi connectivity index (χ0v) is 59.6. The molecule has 472 valence electrons. The first-order chi connectivity index (χ1) is 39.6. The van der Waals surface area contributed by atoms with Gasteiger partial charge in [-0.3, -0.25) is 9.59 Å². The van der Waals surface area contributed by atoms with Crippen molar-refractivity contribution in [2.75, 3.05) is 0 Å². The summed E-state index contributed by atoms with van der Waals surface area (Å²) in [6, 6.07) is 0. The summed E-state index contributed by atoms with van der Waals surface area (Å²) < 4.78 is 0. The van der Waals surface area contributed by atoms with E-state index in [-0.39, 0.29) is 105 Å². The summed E-state index contributed by atoms with van der Waals surface area (Å²) in [6.45, 7) is 33.8. The molecule has 12 nitrogen and oxygen atoms in total. The molecule has 4 amide bonds. The molecule has 4 aliphatic rings. The standard InChI is InChI=1S/2C35H46N4O2.4Pd/c2*1-9-20-22(11-3)30(18-32-24(13-5)26(15-7)34(40)38-32)36-28(20)17-29-21(10-2)23(12-4)31(37-29)19-33-25(14-6)27(16-8)35(41)39-33;;;;/h2*17-19H,9-16H2,1-8H3,(H3,36,37,38,39,40,41);;;;/q;;;;2*+2/p-4. The van der Waals surface area contributed by atoms with E-state index in [1.807, 2.05) is 39.8 Å². The molecule has 0 spiro atoms. The molecule has 8 rings (SSSR count). The van der Waals surface area contributed by atoms with Crippen molar-refractivity contribution < 1.29 is 101 Å². The number of carbonyl (C=O) groups is 4. The van der Waals surface area contributed by atoms with Gasteiger partial charge in [0.1, 0.15) is 0 Å². The van der Waals surface area contributed by atoms with Gasteiger partial charge in [0.15, 0.2) is 0 Å². The molecule has 0 radical (unpaired) electrons. The van der Waals surface area contributed by atoms with Crippen LogP contribution in [-0.4, -0.2) is 45.0 Å². The quantitative estimate of drug-likeness (QED) is 0.0739. The van der Waals surface area contributed by atoms with Crippen LogP contribution in [-0.2, 0) is 152 Å². The van der Waals surface area contributed by atoms with Crippen LogP contribution in [0.5, 0.6) is 0 Å². The van der Waals surface area contributed by atoms with Gasteiger partial charge in [0, 0.05) is 74.8 Å². The van der Waals surface area contributed by atoms with E-state index in [9.17, 15) is 19.2 Å². The third-order valence-corrected chi connectivity index (χ3v) is 17.0. The van der Waals surface area contributed by atoms with Crippen molar-refractivity contribution in [3.05, 3.63) is 155 Å². The SMILES string of the molecule is CCC1=C(CC)C(/C=c2\[n-]/c(=C/c3[nH]c(/C=C4/[N-]C(=O)C(CC)=C4CC)c(CC)c3CC)c(CC)c2CC)=NC1=O.CCC1=C(CC)C(/C=c2\[n-]/c(=C\c3[nH]c(/C=C4\[N-]C(=O)C(CC)=C4CC)c(CC)c3CC)c(CC)c2CC)=NC1=O.[Pd+2].[Pd+2].[Pd].[Pd]. The summed E-state index contributed by atoms with van der Waals surface area (Å²) in [5.41, 5.74) is 24.6. The number of H-pyrrole nitrogens is 2. The Labute approximate surface area is 566 Å². The summed E-state index contributed by atoms with van der Waals surface area (Å²) >= 11 is 0. The normalized spacial score (nSPS) is 16.8. The number of rotatable bonds is 22. The summed E-state index contributed by atoms with van der Waals surface area (Å²) in [6.07, 6.45) is 25.4. The number of aromatic nitrogens is 4. The van der Waals surface area contributed by atoms with E-state index in [1.165, 1.54) is 44.5 Å². The minimum atomic E-state index is -0.113. The number of aliphatic imine (C=N–C) groups is 2. The number of aromatic amines is 2. The van der Waals surface area contributed by atoms with E-state index >= 15 is 0 Å². The number of hydrogen-bond donors (Lipinski definition) is 2. The molecule has 4 aromatic rings. The van der Waals surface area contributed by atoms with Crippen LogP contribution in [0.4, 0.5) is 0 Å². The topological polar surface area (TPSA) is 181 Å². The van der Waals surface area contributed by atoms with E-state index in [0.717, 1.165) is 189 Å². The van der Waals surface area contributed by atoms with Crippen LogP contribution in [0.25, 0.3) is 47.1 Å². The van der Waals surface area contributed by atoms with Crippen LogP contribution in [0.15, 0.2) is 66.0 Å². The summed E-state index contributed by atoms with van der Waals surface area (Å²) in [5, 5.41) is 12.5. The Morgan fingerprint density at radius 2 is 0.547 bits per heavy atom. The Balaban J connectivity index is 0.000000430. The number of nitrogens with one attached hydrogen (secondary N) is 2. The van der Waals surface area contributed by atoms with Gasteiger partial charge in [-0.05, 0) is 147 Å². The summed E-state index contributed by atoms with van der Waals surface area (Å²) in [5.74, 6) is -0.433. The number of amides is 4. The monoisotopic (exact) mass is 1530 g/mol. The van der Waals surface area contributed by atoms with Crippen molar-refractivity contribution >= 4 is 71.5 Å². The van der Waals surface area contributed by atoms with Crippen LogP contribution < -0.4 is 31.4 Å². The molecule has 0 unspecified atom stereocenters. The van der Waals surface area contributed by atoms with Gasteiger partial charge in [-0.25, -0.2) is 9.98 Å². The average molecular weight is 1530 g/mol. The molecule has 4 aromatic heterocycles. The van der Waals surface area contributed by atoms with Crippen molar-refractivity contribution in [1.29, 1.82) is 0 Å². The Hall–Kier alpha value is -4.69. The molecular formula is C70H88N8O4Pd4. The summed E-state index contributed by atoms with van der Waals surface area (Å²) in [7, 11) is 0. The Morgan fingerprint density at radius 1 is 0.302 bits per heavy atom. The van der Waals surface area contributed by atoms with E-state index in [2.05, 4.69) is 138 Å². The predicted octanol–water partition coefficient (Wildman–Crippen LogP) is 12.6. The molecule has 4 aliphatic heterocycles. The van der Waals surface area contributed by atoms with Gasteiger partial charge >= 0.3 is 40.8 Å². The maximum Gasteiger partial charge on any atom is 2.00 e. The van der Waals surface area contributed by atoms with Gasteiger partial charge in [-0.15, -0.1) is 32.8 Å². The van der Waals surface area contributed by atoms with Crippen LogP contribution in [0, 0.1) is 0 Å². The summed E-state index contributed by atoms with van der Waals surface area (Å²) in [4.78, 5) is 76.5. The van der Waals surface area contributed by atoms with Crippen LogP contribution in [0.1, 0.15) is 229 Å². The number of hydrogen-bond acceptors (Lipinski definition) is 4. The Morgan fingerprint density at radius 3 is 0.791 bits per heavy atom. The first-order valence-corrected chi connectivity index (χ1v) is 30.9. The zero-order chi connectivity index (χ0) is 59.7. The first-order valence-electron chi connectivity index (χ1n) is 30.9. The molecule has 86 heavy (non-hydrogen) atoms. The molecule has 0 fully saturated rings. The van der Waals surface area contributed by atoms with Crippen LogP contribution >= 0.6 is 0 Å². The van der Waals surface area contributed by atoms with Gasteiger partial charge < -0.3 is 40.2 Å². The van der Waals surface area contributed by atoms with Crippen molar-refractivity contribution in [2.45, 2.75) is 214 Å². The molecule has 0 atom stereocenters. The molecule has 16 heteroatoms. The second-order valence-electron chi connectivity index (χ2n) is 21.1. The maximum atomic E-state index is 12.5. The fourth-order valence-electron chi connectivity index (χ4n) is 13.0. The maximum absolute atomic E-state index is 12.5. The van der Waals surface area contributed by atoms with Crippen LogP contribution in [0.3, 0.4) is 0 Å². The van der Waals surface area contributed by atoms with Gasteiger partial charge in [-0.2, -0.15) is 0 Å². The number of carbonyl (C=O) groups excluding carboxylic acids is 4.